The number of hydrogen-bond acceptors (Lipinski definition) is 4. The summed E-state index contributed by atoms with van der Waals surface area (Å²) >= 11 is 0. The van der Waals surface area contributed by atoms with Crippen LogP contribution in [0.3, 0.4) is 0 Å². The Morgan fingerprint density at radius 3 is 2.64 bits per heavy atom. The van der Waals surface area contributed by atoms with Crippen molar-refractivity contribution >= 4 is 5.97 Å². The average molecular weight is 386 g/mol. The van der Waals surface area contributed by atoms with Gasteiger partial charge in [-0.25, -0.2) is 4.79 Å². The molecule has 5 heteroatoms. The quantitative estimate of drug-likeness (QED) is 0.473. The van der Waals surface area contributed by atoms with Crippen molar-refractivity contribution in [2.24, 2.45) is 5.92 Å². The molecule has 0 aromatic heterocycles. The standard InChI is InChI=1S/C23H31NO4/c1-3-4-5-6-17(2)21(25)13-11-20-12-14-22(26)24(20)16-15-18-7-9-19(10-8-18)23(27)28/h7-11,13,17,20-22,25-26H,3,6,12,14-16H2,1-2H3,(H,27,28). The summed E-state index contributed by atoms with van der Waals surface area (Å²) in [5.41, 5.74) is 1.31. The molecule has 5 nitrogen and oxygen atoms in total. The van der Waals surface area contributed by atoms with Crippen LogP contribution in [0.5, 0.6) is 0 Å². The normalized spacial score (nSPS) is 22.0. The number of aliphatic hydroxyl groups excluding tert-OH is 2. The molecule has 1 fully saturated rings. The van der Waals surface area contributed by atoms with Crippen LogP contribution < -0.4 is 0 Å². The number of benzene rings is 1. The molecule has 2 rings (SSSR count). The Morgan fingerprint density at radius 2 is 2.00 bits per heavy atom. The molecule has 0 amide bonds. The Labute approximate surface area is 167 Å². The maximum Gasteiger partial charge on any atom is 0.335 e. The minimum Gasteiger partial charge on any atom is -0.478 e. The first kappa shape index (κ1) is 22.2. The van der Waals surface area contributed by atoms with Gasteiger partial charge in [-0.1, -0.05) is 38.1 Å². The van der Waals surface area contributed by atoms with E-state index in [2.05, 4.69) is 11.8 Å². The van der Waals surface area contributed by atoms with Gasteiger partial charge in [-0.2, -0.15) is 0 Å². The SMILES string of the molecule is CCC#CCC(C)C(O)C=CC1CCC(O)N1CCc1ccc(C(=O)O)cc1. The molecule has 152 valence electrons. The van der Waals surface area contributed by atoms with Crippen molar-refractivity contribution in [3.05, 3.63) is 47.5 Å². The highest BCUT2D eigenvalue weighted by molar-refractivity contribution is 5.87. The zero-order valence-corrected chi connectivity index (χ0v) is 16.7. The van der Waals surface area contributed by atoms with Gasteiger partial charge in [-0.05, 0) is 42.9 Å². The fraction of sp³-hybridized carbons (Fsp3) is 0.522. The largest absolute Gasteiger partial charge is 0.478 e. The van der Waals surface area contributed by atoms with Crippen molar-refractivity contribution in [3.63, 3.8) is 0 Å². The van der Waals surface area contributed by atoms with E-state index in [0.29, 0.717) is 19.4 Å². The topological polar surface area (TPSA) is 81.0 Å². The highest BCUT2D eigenvalue weighted by Crippen LogP contribution is 2.24. The van der Waals surface area contributed by atoms with Crippen molar-refractivity contribution in [2.45, 2.75) is 64.3 Å². The Balaban J connectivity index is 1.91. The molecule has 1 aromatic rings. The number of carboxylic acid groups (broad SMARTS) is 1. The van der Waals surface area contributed by atoms with E-state index in [4.69, 9.17) is 5.11 Å². The van der Waals surface area contributed by atoms with Gasteiger partial charge in [-0.15, -0.1) is 11.8 Å². The molecule has 0 spiro atoms. The molecule has 1 heterocycles. The van der Waals surface area contributed by atoms with Gasteiger partial charge in [0.15, 0.2) is 0 Å². The Hall–Kier alpha value is -2.13. The summed E-state index contributed by atoms with van der Waals surface area (Å²) in [4.78, 5) is 13.0. The highest BCUT2D eigenvalue weighted by Gasteiger charge is 2.30. The van der Waals surface area contributed by atoms with Crippen LogP contribution in [0.2, 0.25) is 0 Å². The van der Waals surface area contributed by atoms with E-state index in [9.17, 15) is 15.0 Å². The van der Waals surface area contributed by atoms with Gasteiger partial charge in [0.1, 0.15) is 6.23 Å². The van der Waals surface area contributed by atoms with E-state index in [1.54, 1.807) is 12.1 Å². The fourth-order valence-electron chi connectivity index (χ4n) is 3.38. The second kappa shape index (κ2) is 11.0. The number of nitrogens with zero attached hydrogens (tertiary/aromatic N) is 1. The van der Waals surface area contributed by atoms with Crippen LogP contribution in [-0.2, 0) is 6.42 Å². The van der Waals surface area contributed by atoms with E-state index in [0.717, 1.165) is 24.8 Å². The van der Waals surface area contributed by atoms with Gasteiger partial charge in [-0.3, -0.25) is 4.90 Å². The summed E-state index contributed by atoms with van der Waals surface area (Å²) < 4.78 is 0. The minimum atomic E-state index is -0.930. The third-order valence-electron chi connectivity index (χ3n) is 5.23. The molecule has 0 aliphatic carbocycles. The summed E-state index contributed by atoms with van der Waals surface area (Å²) in [6.07, 6.45) is 6.58. The lowest BCUT2D eigenvalue weighted by atomic mass is 10.00. The van der Waals surface area contributed by atoms with Crippen LogP contribution in [0.4, 0.5) is 0 Å². The number of carboxylic acids is 1. The number of rotatable bonds is 8. The van der Waals surface area contributed by atoms with Gasteiger partial charge >= 0.3 is 5.97 Å². The van der Waals surface area contributed by atoms with Gasteiger partial charge < -0.3 is 15.3 Å². The smallest absolute Gasteiger partial charge is 0.335 e. The van der Waals surface area contributed by atoms with Crippen molar-refractivity contribution in [1.82, 2.24) is 4.90 Å². The molecule has 28 heavy (non-hydrogen) atoms. The molecule has 4 atom stereocenters. The van der Waals surface area contributed by atoms with E-state index >= 15 is 0 Å². The van der Waals surface area contributed by atoms with Crippen LogP contribution in [0.15, 0.2) is 36.4 Å². The summed E-state index contributed by atoms with van der Waals surface area (Å²) in [7, 11) is 0. The van der Waals surface area contributed by atoms with E-state index in [1.807, 2.05) is 43.0 Å². The number of aliphatic hydroxyl groups is 2. The van der Waals surface area contributed by atoms with Crippen LogP contribution >= 0.6 is 0 Å². The molecule has 0 saturated carbocycles. The van der Waals surface area contributed by atoms with Crippen LogP contribution in [0, 0.1) is 17.8 Å². The molecule has 1 saturated heterocycles. The molecule has 1 aliphatic rings. The van der Waals surface area contributed by atoms with Gasteiger partial charge in [0.25, 0.3) is 0 Å². The summed E-state index contributed by atoms with van der Waals surface area (Å²) in [6.45, 7) is 4.67. The second-order valence-corrected chi connectivity index (χ2v) is 7.38. The lowest BCUT2D eigenvalue weighted by Crippen LogP contribution is -2.36. The summed E-state index contributed by atoms with van der Waals surface area (Å²) in [5.74, 6) is 5.25. The molecule has 0 bridgehead atoms. The fourth-order valence-corrected chi connectivity index (χ4v) is 3.38. The first-order chi connectivity index (χ1) is 13.4. The van der Waals surface area contributed by atoms with Crippen LogP contribution in [0.1, 0.15) is 55.5 Å². The van der Waals surface area contributed by atoms with Gasteiger partial charge in [0.2, 0.25) is 0 Å². The van der Waals surface area contributed by atoms with Gasteiger partial charge in [0, 0.05) is 25.4 Å². The molecule has 1 aliphatic heterocycles. The van der Waals surface area contributed by atoms with E-state index in [1.165, 1.54) is 0 Å². The Morgan fingerprint density at radius 1 is 1.29 bits per heavy atom. The molecule has 1 aromatic carbocycles. The lowest BCUT2D eigenvalue weighted by molar-refractivity contribution is 0.0266. The van der Waals surface area contributed by atoms with Crippen LogP contribution in [-0.4, -0.2) is 51.1 Å². The average Bonchev–Trinajstić information content (AvgIpc) is 3.04. The summed E-state index contributed by atoms with van der Waals surface area (Å²) in [6, 6.07) is 6.94. The number of carbonyl (C=O) groups is 1. The predicted octanol–water partition coefficient (Wildman–Crippen LogP) is 3.07. The number of hydrogen-bond donors (Lipinski definition) is 3. The van der Waals surface area contributed by atoms with Crippen molar-refractivity contribution in [3.8, 4) is 11.8 Å². The predicted molar refractivity (Wildman–Crippen MR) is 110 cm³/mol. The van der Waals surface area contributed by atoms with E-state index < -0.39 is 18.3 Å². The molecular weight excluding hydrogens is 354 g/mol. The third kappa shape index (κ3) is 6.49. The summed E-state index contributed by atoms with van der Waals surface area (Å²) in [5, 5.41) is 29.6. The molecular formula is C23H31NO4. The number of likely N-dealkylation sites (tertiary alicyclic amines) is 1. The Kier molecular flexibility index (Phi) is 8.72. The lowest BCUT2D eigenvalue weighted by Gasteiger charge is -2.26. The zero-order valence-electron chi connectivity index (χ0n) is 16.7. The maximum atomic E-state index is 10.9. The van der Waals surface area contributed by atoms with Gasteiger partial charge in [0.05, 0.1) is 11.7 Å². The van der Waals surface area contributed by atoms with E-state index in [-0.39, 0.29) is 17.5 Å². The van der Waals surface area contributed by atoms with Crippen molar-refractivity contribution in [2.75, 3.05) is 6.54 Å². The third-order valence-corrected chi connectivity index (χ3v) is 5.23. The Bertz CT molecular complexity index is 716. The molecule has 4 unspecified atom stereocenters. The van der Waals surface area contributed by atoms with Crippen molar-refractivity contribution in [1.29, 1.82) is 0 Å². The first-order valence-corrected chi connectivity index (χ1v) is 10.0. The molecule has 3 N–H and O–H groups in total. The second-order valence-electron chi connectivity index (χ2n) is 7.38. The first-order valence-electron chi connectivity index (χ1n) is 10.0. The maximum absolute atomic E-state index is 10.9. The number of aromatic carboxylic acids is 1. The molecule has 0 radical (unpaired) electrons. The van der Waals surface area contributed by atoms with Crippen molar-refractivity contribution < 1.29 is 20.1 Å². The monoisotopic (exact) mass is 385 g/mol. The highest BCUT2D eigenvalue weighted by atomic mass is 16.4. The van der Waals surface area contributed by atoms with Crippen LogP contribution in [0.25, 0.3) is 0 Å². The zero-order chi connectivity index (χ0) is 20.5. The minimum absolute atomic E-state index is 0.0721.